The molecule has 3 atom stereocenters. The van der Waals surface area contributed by atoms with Crippen molar-refractivity contribution in [3.05, 3.63) is 47.2 Å². The molecule has 3 saturated heterocycles. The van der Waals surface area contributed by atoms with E-state index in [9.17, 15) is 13.9 Å². The van der Waals surface area contributed by atoms with E-state index in [0.29, 0.717) is 47.1 Å². The van der Waals surface area contributed by atoms with E-state index in [0.717, 1.165) is 51.6 Å². The summed E-state index contributed by atoms with van der Waals surface area (Å²) < 4.78 is 52.5. The zero-order valence-corrected chi connectivity index (χ0v) is 24.3. The summed E-state index contributed by atoms with van der Waals surface area (Å²) in [5.41, 5.74) is 0.372. The third kappa shape index (κ3) is 4.20. The maximum Gasteiger partial charge on any atom is 0.319 e. The van der Waals surface area contributed by atoms with Gasteiger partial charge in [-0.2, -0.15) is 9.97 Å². The second-order valence-electron chi connectivity index (χ2n) is 12.7. The van der Waals surface area contributed by atoms with Crippen LogP contribution >= 0.6 is 0 Å². The van der Waals surface area contributed by atoms with Crippen molar-refractivity contribution in [2.75, 3.05) is 31.1 Å². The minimum absolute atomic E-state index is 0.0303. The molecule has 0 radical (unpaired) electrons. The van der Waals surface area contributed by atoms with Crippen LogP contribution in [0.1, 0.15) is 56.2 Å². The van der Waals surface area contributed by atoms with E-state index < -0.39 is 23.3 Å². The van der Waals surface area contributed by atoms with Crippen LogP contribution in [0.3, 0.4) is 0 Å². The Balaban J connectivity index is 1.33. The van der Waals surface area contributed by atoms with E-state index in [4.69, 9.17) is 21.1 Å². The van der Waals surface area contributed by atoms with Gasteiger partial charge in [-0.1, -0.05) is 12.0 Å². The minimum atomic E-state index is -0.904. The highest BCUT2D eigenvalue weighted by Gasteiger charge is 2.49. The molecule has 2 aromatic carbocycles. The molecular formula is C34H32F3N5O2. The average Bonchev–Trinajstić information content (AvgIpc) is 3.49. The quantitative estimate of drug-likeness (QED) is 0.286. The summed E-state index contributed by atoms with van der Waals surface area (Å²) in [4.78, 5) is 18.7. The lowest BCUT2D eigenvalue weighted by atomic mass is 9.95. The van der Waals surface area contributed by atoms with Gasteiger partial charge in [0.05, 0.1) is 22.2 Å². The van der Waals surface area contributed by atoms with Crippen LogP contribution in [0.4, 0.5) is 19.0 Å². The highest BCUT2D eigenvalue weighted by molar-refractivity contribution is 6.03. The molecule has 10 heteroatoms. The maximum atomic E-state index is 16.9. The van der Waals surface area contributed by atoms with Gasteiger partial charge in [-0.15, -0.1) is 6.42 Å². The zero-order chi connectivity index (χ0) is 30.2. The standard InChI is InChI=1S/C34H32F3N5O2/c1-2-23-25(36)9-7-19-14-22(43)15-24(27(19)23)30-29(37)31-28-26(38-30)10-8-21-6-3-4-13-42(21)32(28)40-33(39-31)44-18-34-11-5-12-41(34)17-20(35)16-34/h1,7,9,14-15,20-21,43H,3-6,8,10-13,16-18H2/t20-,21?,34?/m1/s1. The number of hydrogen-bond donors (Lipinski definition) is 1. The van der Waals surface area contributed by atoms with Crippen molar-refractivity contribution in [2.45, 2.75) is 69.1 Å². The number of piperidine rings is 1. The molecule has 2 unspecified atom stereocenters. The summed E-state index contributed by atoms with van der Waals surface area (Å²) in [5.74, 6) is 1.54. The van der Waals surface area contributed by atoms with Gasteiger partial charge in [0.1, 0.15) is 41.4 Å². The Labute approximate surface area is 253 Å². The second kappa shape index (κ2) is 10.2. The number of anilines is 1. The van der Waals surface area contributed by atoms with Gasteiger partial charge in [0.15, 0.2) is 5.82 Å². The van der Waals surface area contributed by atoms with Crippen molar-refractivity contribution in [1.29, 1.82) is 0 Å². The minimum Gasteiger partial charge on any atom is -0.508 e. The fourth-order valence-electron chi connectivity index (χ4n) is 8.12. The van der Waals surface area contributed by atoms with Crippen molar-refractivity contribution in [1.82, 2.24) is 19.9 Å². The number of aromatic hydroxyl groups is 1. The third-order valence-electron chi connectivity index (χ3n) is 10.1. The number of alkyl halides is 1. The van der Waals surface area contributed by atoms with Crippen LogP contribution in [-0.2, 0) is 6.42 Å². The fraction of sp³-hybridized carbons (Fsp3) is 0.441. The van der Waals surface area contributed by atoms with Crippen molar-refractivity contribution >= 4 is 27.5 Å². The Morgan fingerprint density at radius 2 is 1.95 bits per heavy atom. The van der Waals surface area contributed by atoms with Gasteiger partial charge in [-0.3, -0.25) is 4.90 Å². The van der Waals surface area contributed by atoms with Crippen LogP contribution in [0.25, 0.3) is 32.9 Å². The number of nitrogens with zero attached hydrogens (tertiary/aromatic N) is 5. The Hall–Kier alpha value is -4.10. The number of ether oxygens (including phenoxy) is 1. The summed E-state index contributed by atoms with van der Waals surface area (Å²) >= 11 is 0. The molecule has 3 fully saturated rings. The molecule has 44 heavy (non-hydrogen) atoms. The number of aromatic nitrogens is 3. The molecule has 0 spiro atoms. The lowest BCUT2D eigenvalue weighted by Gasteiger charge is -2.36. The molecule has 6 heterocycles. The molecular weight excluding hydrogens is 567 g/mol. The SMILES string of the molecule is C#Cc1c(F)ccc2cc(O)cc(-c3nc4c5c(nc(OCC67CCCN6C[C@H](F)C7)nc5c3F)N3CCCCC3CC4)c12. The van der Waals surface area contributed by atoms with Crippen molar-refractivity contribution < 1.29 is 23.0 Å². The first-order chi connectivity index (χ1) is 21.3. The van der Waals surface area contributed by atoms with Gasteiger partial charge >= 0.3 is 6.01 Å². The number of terminal acetylenes is 1. The van der Waals surface area contributed by atoms with Gasteiger partial charge in [0.2, 0.25) is 0 Å². The molecule has 0 bridgehead atoms. The van der Waals surface area contributed by atoms with Gasteiger partial charge in [-0.25, -0.2) is 18.2 Å². The molecule has 4 aliphatic rings. The maximum absolute atomic E-state index is 16.9. The molecule has 8 rings (SSSR count). The zero-order valence-electron chi connectivity index (χ0n) is 24.3. The van der Waals surface area contributed by atoms with Crippen molar-refractivity contribution in [3.63, 3.8) is 0 Å². The van der Waals surface area contributed by atoms with Crippen molar-refractivity contribution in [2.24, 2.45) is 0 Å². The van der Waals surface area contributed by atoms with Gasteiger partial charge < -0.3 is 14.7 Å². The predicted octanol–water partition coefficient (Wildman–Crippen LogP) is 6.07. The highest BCUT2D eigenvalue weighted by Crippen LogP contribution is 2.44. The van der Waals surface area contributed by atoms with Crippen LogP contribution in [0.5, 0.6) is 11.8 Å². The number of aryl methyl sites for hydroxylation is 1. The number of fused-ring (bicyclic) bond motifs is 4. The Kier molecular flexibility index (Phi) is 6.38. The Bertz CT molecular complexity index is 1880. The first-order valence-electron chi connectivity index (χ1n) is 15.5. The van der Waals surface area contributed by atoms with Gasteiger partial charge in [-0.05, 0) is 75.1 Å². The van der Waals surface area contributed by atoms with Crippen LogP contribution in [0.15, 0.2) is 24.3 Å². The number of phenolic OH excluding ortho intramolecular Hbond substituents is 1. The molecule has 0 aliphatic carbocycles. The normalized spacial score (nSPS) is 24.7. The molecule has 4 aliphatic heterocycles. The number of pyridine rings is 1. The Morgan fingerprint density at radius 1 is 1.07 bits per heavy atom. The third-order valence-corrected chi connectivity index (χ3v) is 10.1. The summed E-state index contributed by atoms with van der Waals surface area (Å²) in [7, 11) is 0. The average molecular weight is 600 g/mol. The van der Waals surface area contributed by atoms with E-state index in [1.165, 1.54) is 24.3 Å². The number of benzene rings is 2. The number of phenols is 1. The lowest BCUT2D eigenvalue weighted by Crippen LogP contribution is -2.43. The largest absolute Gasteiger partial charge is 0.508 e. The van der Waals surface area contributed by atoms with E-state index in [2.05, 4.69) is 20.7 Å². The summed E-state index contributed by atoms with van der Waals surface area (Å²) in [6.07, 6.45) is 11.5. The molecule has 7 nitrogen and oxygen atoms in total. The number of rotatable bonds is 4. The van der Waals surface area contributed by atoms with Crippen LogP contribution in [0, 0.1) is 24.0 Å². The van der Waals surface area contributed by atoms with Crippen LogP contribution in [0.2, 0.25) is 0 Å². The first kappa shape index (κ1) is 27.4. The topological polar surface area (TPSA) is 74.6 Å². The van der Waals surface area contributed by atoms with Crippen molar-refractivity contribution in [3.8, 4) is 35.4 Å². The van der Waals surface area contributed by atoms with Crippen LogP contribution < -0.4 is 9.64 Å². The smallest absolute Gasteiger partial charge is 0.319 e. The van der Waals surface area contributed by atoms with Gasteiger partial charge in [0.25, 0.3) is 0 Å². The molecule has 0 amide bonds. The molecule has 1 N–H and O–H groups in total. The van der Waals surface area contributed by atoms with E-state index >= 15 is 4.39 Å². The van der Waals surface area contributed by atoms with E-state index in [1.54, 1.807) is 0 Å². The molecule has 2 aromatic heterocycles. The highest BCUT2D eigenvalue weighted by atomic mass is 19.1. The van der Waals surface area contributed by atoms with E-state index in [1.807, 2.05) is 0 Å². The summed E-state index contributed by atoms with van der Waals surface area (Å²) in [6.45, 7) is 2.22. The summed E-state index contributed by atoms with van der Waals surface area (Å²) in [5, 5.41) is 11.9. The molecule has 226 valence electrons. The summed E-state index contributed by atoms with van der Waals surface area (Å²) in [6, 6.07) is 5.83. The lowest BCUT2D eigenvalue weighted by molar-refractivity contribution is 0.107. The fourth-order valence-corrected chi connectivity index (χ4v) is 8.12. The monoisotopic (exact) mass is 599 g/mol. The van der Waals surface area contributed by atoms with E-state index in [-0.39, 0.29) is 46.7 Å². The van der Waals surface area contributed by atoms with Crippen LogP contribution in [-0.4, -0.2) is 69.0 Å². The first-order valence-corrected chi connectivity index (χ1v) is 15.5. The second-order valence-corrected chi connectivity index (χ2v) is 12.7. The molecule has 4 aromatic rings. The predicted molar refractivity (Wildman–Crippen MR) is 162 cm³/mol. The molecule has 0 saturated carbocycles. The Morgan fingerprint density at radius 3 is 2.82 bits per heavy atom. The number of halogens is 3. The van der Waals surface area contributed by atoms with Gasteiger partial charge in [0, 0.05) is 36.5 Å². The number of hydrogen-bond acceptors (Lipinski definition) is 7.